The molecule has 0 aliphatic carbocycles. The number of nitrogens with one attached hydrogen (secondary N) is 1. The molecule has 1 amide bonds. The van der Waals surface area contributed by atoms with Gasteiger partial charge in [-0.2, -0.15) is 0 Å². The fraction of sp³-hybridized carbons (Fsp3) is 0.316. The number of rotatable bonds is 6. The highest BCUT2D eigenvalue weighted by atomic mass is 19.1. The van der Waals surface area contributed by atoms with Crippen LogP contribution >= 0.6 is 0 Å². The zero-order valence-corrected chi connectivity index (χ0v) is 13.7. The third-order valence-corrected chi connectivity index (χ3v) is 3.74. The van der Waals surface area contributed by atoms with E-state index in [2.05, 4.69) is 24.4 Å². The summed E-state index contributed by atoms with van der Waals surface area (Å²) in [6.07, 6.45) is 0.335. The standard InChI is InChI=1S/C19H22FNO2/c1-4-15-5-7-16(8-6-15)13(2)21-19(22)14(3)23-18-11-9-17(20)10-12-18/h5-14H,4H2,1-3H3,(H,21,22). The summed E-state index contributed by atoms with van der Waals surface area (Å²) in [5.41, 5.74) is 2.31. The lowest BCUT2D eigenvalue weighted by molar-refractivity contribution is -0.127. The summed E-state index contributed by atoms with van der Waals surface area (Å²) in [7, 11) is 0. The van der Waals surface area contributed by atoms with Crippen LogP contribution in [0.1, 0.15) is 37.9 Å². The predicted octanol–water partition coefficient (Wildman–Crippen LogP) is 4.03. The second kappa shape index (κ2) is 7.77. The summed E-state index contributed by atoms with van der Waals surface area (Å²) in [6.45, 7) is 5.71. The first kappa shape index (κ1) is 17.0. The van der Waals surface area contributed by atoms with Crippen LogP contribution in [0.15, 0.2) is 48.5 Å². The second-order valence-electron chi connectivity index (χ2n) is 5.54. The van der Waals surface area contributed by atoms with E-state index in [9.17, 15) is 9.18 Å². The molecular formula is C19H22FNO2. The third-order valence-electron chi connectivity index (χ3n) is 3.74. The fourth-order valence-corrected chi connectivity index (χ4v) is 2.23. The highest BCUT2D eigenvalue weighted by molar-refractivity contribution is 5.81. The van der Waals surface area contributed by atoms with Crippen molar-refractivity contribution in [2.24, 2.45) is 0 Å². The topological polar surface area (TPSA) is 38.3 Å². The first-order valence-corrected chi connectivity index (χ1v) is 7.81. The van der Waals surface area contributed by atoms with Gasteiger partial charge in [-0.25, -0.2) is 4.39 Å². The van der Waals surface area contributed by atoms with E-state index < -0.39 is 6.10 Å². The maximum Gasteiger partial charge on any atom is 0.261 e. The van der Waals surface area contributed by atoms with Gasteiger partial charge in [-0.3, -0.25) is 4.79 Å². The molecule has 0 aromatic heterocycles. The molecule has 0 fully saturated rings. The Balaban J connectivity index is 1.92. The van der Waals surface area contributed by atoms with Gasteiger partial charge in [0, 0.05) is 0 Å². The summed E-state index contributed by atoms with van der Waals surface area (Å²) >= 11 is 0. The molecule has 0 spiro atoms. The molecule has 1 N–H and O–H groups in total. The summed E-state index contributed by atoms with van der Waals surface area (Å²) < 4.78 is 18.4. The molecule has 4 heteroatoms. The number of carbonyl (C=O) groups is 1. The number of hydrogen-bond donors (Lipinski definition) is 1. The highest BCUT2D eigenvalue weighted by Crippen LogP contribution is 2.16. The molecule has 2 unspecified atom stereocenters. The maximum absolute atomic E-state index is 12.9. The smallest absolute Gasteiger partial charge is 0.261 e. The van der Waals surface area contributed by atoms with E-state index in [-0.39, 0.29) is 17.8 Å². The van der Waals surface area contributed by atoms with Crippen molar-refractivity contribution in [3.8, 4) is 5.75 Å². The van der Waals surface area contributed by atoms with Crippen LogP contribution in [-0.4, -0.2) is 12.0 Å². The molecule has 0 radical (unpaired) electrons. The second-order valence-corrected chi connectivity index (χ2v) is 5.54. The molecule has 0 saturated heterocycles. The Labute approximate surface area is 136 Å². The Hall–Kier alpha value is -2.36. The Morgan fingerprint density at radius 1 is 1.09 bits per heavy atom. The minimum absolute atomic E-state index is 0.104. The van der Waals surface area contributed by atoms with Crippen molar-refractivity contribution in [1.82, 2.24) is 5.32 Å². The molecule has 0 aliphatic heterocycles. The zero-order chi connectivity index (χ0) is 16.8. The maximum atomic E-state index is 12.9. The lowest BCUT2D eigenvalue weighted by atomic mass is 10.0. The Morgan fingerprint density at radius 3 is 2.26 bits per heavy atom. The van der Waals surface area contributed by atoms with E-state index >= 15 is 0 Å². The van der Waals surface area contributed by atoms with E-state index in [1.807, 2.05) is 19.1 Å². The monoisotopic (exact) mass is 315 g/mol. The Kier molecular flexibility index (Phi) is 5.74. The fourth-order valence-electron chi connectivity index (χ4n) is 2.23. The Bertz CT molecular complexity index is 637. The van der Waals surface area contributed by atoms with Gasteiger partial charge in [0.1, 0.15) is 11.6 Å². The van der Waals surface area contributed by atoms with Crippen LogP contribution in [0.25, 0.3) is 0 Å². The minimum Gasteiger partial charge on any atom is -0.481 e. The minimum atomic E-state index is -0.655. The van der Waals surface area contributed by atoms with Gasteiger partial charge >= 0.3 is 0 Å². The van der Waals surface area contributed by atoms with Gasteiger partial charge in [0.15, 0.2) is 6.10 Å². The van der Waals surface area contributed by atoms with Crippen molar-refractivity contribution in [2.75, 3.05) is 0 Å². The Morgan fingerprint density at radius 2 is 1.70 bits per heavy atom. The van der Waals surface area contributed by atoms with Crippen LogP contribution in [0.5, 0.6) is 5.75 Å². The summed E-state index contributed by atoms with van der Waals surface area (Å²) in [6, 6.07) is 13.7. The van der Waals surface area contributed by atoms with Gasteiger partial charge in [0.25, 0.3) is 5.91 Å². The number of halogens is 1. The van der Waals surface area contributed by atoms with Gasteiger partial charge in [-0.15, -0.1) is 0 Å². The zero-order valence-electron chi connectivity index (χ0n) is 13.7. The van der Waals surface area contributed by atoms with Crippen molar-refractivity contribution in [1.29, 1.82) is 0 Å². The largest absolute Gasteiger partial charge is 0.481 e. The summed E-state index contributed by atoms with van der Waals surface area (Å²) in [4.78, 5) is 12.2. The average Bonchev–Trinajstić information content (AvgIpc) is 2.56. The molecule has 0 bridgehead atoms. The van der Waals surface area contributed by atoms with E-state index in [1.54, 1.807) is 6.92 Å². The van der Waals surface area contributed by atoms with Crippen LogP contribution in [0.2, 0.25) is 0 Å². The third kappa shape index (κ3) is 4.81. The van der Waals surface area contributed by atoms with Crippen molar-refractivity contribution < 1.29 is 13.9 Å². The molecule has 2 atom stereocenters. The molecule has 0 heterocycles. The van der Waals surface area contributed by atoms with E-state index in [4.69, 9.17) is 4.74 Å². The highest BCUT2D eigenvalue weighted by Gasteiger charge is 2.17. The van der Waals surface area contributed by atoms with Crippen LogP contribution < -0.4 is 10.1 Å². The van der Waals surface area contributed by atoms with E-state index in [0.29, 0.717) is 5.75 Å². The SMILES string of the molecule is CCc1ccc(C(C)NC(=O)C(C)Oc2ccc(F)cc2)cc1. The first-order chi connectivity index (χ1) is 11.0. The van der Waals surface area contributed by atoms with Gasteiger partial charge < -0.3 is 10.1 Å². The van der Waals surface area contributed by atoms with Gasteiger partial charge in [-0.1, -0.05) is 31.2 Å². The lowest BCUT2D eigenvalue weighted by Gasteiger charge is -2.19. The van der Waals surface area contributed by atoms with Crippen LogP contribution in [0.3, 0.4) is 0 Å². The van der Waals surface area contributed by atoms with Crippen LogP contribution in [0, 0.1) is 5.82 Å². The van der Waals surface area contributed by atoms with Crippen LogP contribution in [0.4, 0.5) is 4.39 Å². The van der Waals surface area contributed by atoms with E-state index in [1.165, 1.54) is 29.8 Å². The molecule has 3 nitrogen and oxygen atoms in total. The summed E-state index contributed by atoms with van der Waals surface area (Å²) in [5, 5.41) is 2.93. The van der Waals surface area contributed by atoms with Crippen molar-refractivity contribution in [3.63, 3.8) is 0 Å². The van der Waals surface area contributed by atoms with Crippen molar-refractivity contribution in [3.05, 3.63) is 65.5 Å². The number of benzene rings is 2. The molecule has 0 aliphatic rings. The van der Waals surface area contributed by atoms with Gasteiger partial charge in [0.2, 0.25) is 0 Å². The molecule has 23 heavy (non-hydrogen) atoms. The first-order valence-electron chi connectivity index (χ1n) is 7.81. The van der Waals surface area contributed by atoms with Crippen molar-refractivity contribution >= 4 is 5.91 Å². The van der Waals surface area contributed by atoms with Gasteiger partial charge in [-0.05, 0) is 55.7 Å². The molecule has 2 rings (SSSR count). The summed E-state index contributed by atoms with van der Waals surface area (Å²) in [5.74, 6) is -0.0750. The average molecular weight is 315 g/mol. The normalized spacial score (nSPS) is 13.2. The number of amides is 1. The number of ether oxygens (including phenoxy) is 1. The number of aryl methyl sites for hydroxylation is 1. The van der Waals surface area contributed by atoms with Crippen LogP contribution in [-0.2, 0) is 11.2 Å². The van der Waals surface area contributed by atoms with Crippen molar-refractivity contribution in [2.45, 2.75) is 39.3 Å². The number of carbonyl (C=O) groups excluding carboxylic acids is 1. The lowest BCUT2D eigenvalue weighted by Crippen LogP contribution is -2.37. The molecular weight excluding hydrogens is 293 g/mol. The van der Waals surface area contributed by atoms with Gasteiger partial charge in [0.05, 0.1) is 6.04 Å². The molecule has 2 aromatic rings. The molecule has 0 saturated carbocycles. The van der Waals surface area contributed by atoms with E-state index in [0.717, 1.165) is 12.0 Å². The number of hydrogen-bond acceptors (Lipinski definition) is 2. The molecule has 122 valence electrons. The quantitative estimate of drug-likeness (QED) is 0.874. The predicted molar refractivity (Wildman–Crippen MR) is 88.9 cm³/mol. The molecule has 2 aromatic carbocycles.